The molecule has 0 saturated carbocycles. The molecule has 1 unspecified atom stereocenters. The highest BCUT2D eigenvalue weighted by molar-refractivity contribution is 5.48. The number of likely N-dealkylation sites (N-methyl/N-ethyl adjacent to an activating group) is 1. The second kappa shape index (κ2) is 7.76. The fraction of sp³-hybridized carbons (Fsp3) is 0.706. The van der Waals surface area contributed by atoms with E-state index in [4.69, 9.17) is 4.98 Å². The van der Waals surface area contributed by atoms with Crippen molar-refractivity contribution in [1.82, 2.24) is 15.2 Å². The van der Waals surface area contributed by atoms with Crippen LogP contribution in [0, 0.1) is 6.92 Å². The Balaban J connectivity index is 2.02. The van der Waals surface area contributed by atoms with Gasteiger partial charge in [0.25, 0.3) is 0 Å². The molecule has 1 atom stereocenters. The molecule has 118 valence electrons. The molecular weight excluding hydrogens is 260 g/mol. The van der Waals surface area contributed by atoms with Gasteiger partial charge in [0.1, 0.15) is 5.82 Å². The van der Waals surface area contributed by atoms with Crippen molar-refractivity contribution in [1.29, 1.82) is 0 Å². The summed E-state index contributed by atoms with van der Waals surface area (Å²) in [5.41, 5.74) is 2.57. The largest absolute Gasteiger partial charge is 0.355 e. The zero-order valence-electron chi connectivity index (χ0n) is 14.0. The number of aryl methyl sites for hydroxylation is 1. The Morgan fingerprint density at radius 2 is 2.10 bits per heavy atom. The summed E-state index contributed by atoms with van der Waals surface area (Å²) in [5.74, 6) is 1.17. The van der Waals surface area contributed by atoms with Gasteiger partial charge in [0.15, 0.2) is 0 Å². The molecule has 0 aromatic carbocycles. The lowest BCUT2D eigenvalue weighted by atomic mass is 10.2. The van der Waals surface area contributed by atoms with Crippen LogP contribution < -0.4 is 10.2 Å². The first-order valence-electron chi connectivity index (χ1n) is 8.34. The Hall–Kier alpha value is -1.13. The Morgan fingerprint density at radius 1 is 1.33 bits per heavy atom. The average molecular weight is 290 g/mol. The van der Waals surface area contributed by atoms with Gasteiger partial charge in [0, 0.05) is 31.9 Å². The highest BCUT2D eigenvalue weighted by Crippen LogP contribution is 2.24. The lowest BCUT2D eigenvalue weighted by molar-refractivity contribution is 0.232. The molecule has 1 aromatic heterocycles. The topological polar surface area (TPSA) is 31.4 Å². The lowest BCUT2D eigenvalue weighted by Crippen LogP contribution is -2.37. The van der Waals surface area contributed by atoms with Gasteiger partial charge in [0.05, 0.1) is 0 Å². The summed E-state index contributed by atoms with van der Waals surface area (Å²) in [5, 5.41) is 3.36. The van der Waals surface area contributed by atoms with E-state index in [9.17, 15) is 0 Å². The van der Waals surface area contributed by atoms with Crippen LogP contribution in [0.5, 0.6) is 0 Å². The van der Waals surface area contributed by atoms with E-state index in [1.165, 1.54) is 23.4 Å². The zero-order valence-corrected chi connectivity index (χ0v) is 14.0. The maximum Gasteiger partial charge on any atom is 0.131 e. The van der Waals surface area contributed by atoms with Gasteiger partial charge in [0.2, 0.25) is 0 Å². The van der Waals surface area contributed by atoms with Gasteiger partial charge < -0.3 is 10.2 Å². The van der Waals surface area contributed by atoms with Crippen molar-refractivity contribution >= 4 is 5.82 Å². The highest BCUT2D eigenvalue weighted by atomic mass is 15.3. The van der Waals surface area contributed by atoms with Crippen LogP contribution in [0.15, 0.2) is 12.3 Å². The first kappa shape index (κ1) is 16.2. The van der Waals surface area contributed by atoms with Crippen LogP contribution in [0.2, 0.25) is 0 Å². The van der Waals surface area contributed by atoms with Crippen LogP contribution in [0.25, 0.3) is 0 Å². The van der Waals surface area contributed by atoms with Crippen molar-refractivity contribution in [3.05, 3.63) is 23.4 Å². The third-order valence-electron chi connectivity index (χ3n) is 4.48. The third kappa shape index (κ3) is 3.95. The van der Waals surface area contributed by atoms with Gasteiger partial charge in [-0.3, -0.25) is 4.90 Å². The van der Waals surface area contributed by atoms with E-state index in [0.717, 1.165) is 39.3 Å². The van der Waals surface area contributed by atoms with E-state index >= 15 is 0 Å². The maximum atomic E-state index is 4.73. The molecule has 0 spiro atoms. The van der Waals surface area contributed by atoms with Gasteiger partial charge in [-0.15, -0.1) is 0 Å². The molecular formula is C17H30N4. The summed E-state index contributed by atoms with van der Waals surface area (Å²) in [7, 11) is 0. The van der Waals surface area contributed by atoms with Crippen LogP contribution in [0.4, 0.5) is 5.82 Å². The van der Waals surface area contributed by atoms with Crippen molar-refractivity contribution < 1.29 is 0 Å². The average Bonchev–Trinajstić information content (AvgIpc) is 2.96. The maximum absolute atomic E-state index is 4.73. The van der Waals surface area contributed by atoms with Crippen molar-refractivity contribution in [3.8, 4) is 0 Å². The minimum Gasteiger partial charge on any atom is -0.355 e. The van der Waals surface area contributed by atoms with Gasteiger partial charge >= 0.3 is 0 Å². The number of hydrogen-bond donors (Lipinski definition) is 1. The molecule has 0 bridgehead atoms. The van der Waals surface area contributed by atoms with Gasteiger partial charge in [-0.25, -0.2) is 4.98 Å². The minimum absolute atomic E-state index is 0.683. The van der Waals surface area contributed by atoms with E-state index in [0.29, 0.717) is 6.04 Å². The van der Waals surface area contributed by atoms with Crippen molar-refractivity contribution in [2.75, 3.05) is 37.6 Å². The molecule has 0 aliphatic carbocycles. The van der Waals surface area contributed by atoms with Crippen LogP contribution >= 0.6 is 0 Å². The van der Waals surface area contributed by atoms with E-state index in [2.05, 4.69) is 48.9 Å². The number of pyridine rings is 1. The molecule has 21 heavy (non-hydrogen) atoms. The van der Waals surface area contributed by atoms with Gasteiger partial charge in [-0.2, -0.15) is 0 Å². The van der Waals surface area contributed by atoms with Crippen molar-refractivity contribution in [2.24, 2.45) is 0 Å². The van der Waals surface area contributed by atoms with Crippen LogP contribution in [-0.4, -0.2) is 48.6 Å². The Labute approximate surface area is 129 Å². The zero-order chi connectivity index (χ0) is 15.2. The summed E-state index contributed by atoms with van der Waals surface area (Å²) in [6.07, 6.45) is 3.28. The number of aromatic nitrogens is 1. The first-order valence-corrected chi connectivity index (χ1v) is 8.34. The van der Waals surface area contributed by atoms with Crippen LogP contribution in [0.3, 0.4) is 0 Å². The van der Waals surface area contributed by atoms with E-state index in [1.54, 1.807) is 0 Å². The Kier molecular flexibility index (Phi) is 6.00. The molecule has 1 fully saturated rings. The molecule has 1 saturated heterocycles. The molecule has 4 heteroatoms. The molecule has 1 aromatic rings. The number of nitrogens with zero attached hydrogens (tertiary/aromatic N) is 3. The van der Waals surface area contributed by atoms with E-state index in [1.807, 2.05) is 6.20 Å². The number of anilines is 1. The summed E-state index contributed by atoms with van der Waals surface area (Å²) >= 11 is 0. The SMILES string of the molecule is CCNCc1cnc(N2CCC(N(CC)CC)C2)c(C)c1. The molecule has 2 rings (SSSR count). The second-order valence-corrected chi connectivity index (χ2v) is 5.87. The van der Waals surface area contributed by atoms with Crippen LogP contribution in [-0.2, 0) is 6.54 Å². The predicted molar refractivity (Wildman–Crippen MR) is 89.9 cm³/mol. The molecule has 1 N–H and O–H groups in total. The number of hydrogen-bond acceptors (Lipinski definition) is 4. The van der Waals surface area contributed by atoms with Crippen LogP contribution in [0.1, 0.15) is 38.3 Å². The lowest BCUT2D eigenvalue weighted by Gasteiger charge is -2.26. The fourth-order valence-electron chi connectivity index (χ4n) is 3.30. The Morgan fingerprint density at radius 3 is 2.71 bits per heavy atom. The molecule has 0 radical (unpaired) electrons. The molecule has 4 nitrogen and oxygen atoms in total. The summed E-state index contributed by atoms with van der Waals surface area (Å²) < 4.78 is 0. The highest BCUT2D eigenvalue weighted by Gasteiger charge is 2.27. The summed E-state index contributed by atoms with van der Waals surface area (Å²) in [6, 6.07) is 2.96. The van der Waals surface area contributed by atoms with Crippen molar-refractivity contribution in [3.63, 3.8) is 0 Å². The Bertz CT molecular complexity index is 442. The second-order valence-electron chi connectivity index (χ2n) is 5.87. The summed E-state index contributed by atoms with van der Waals surface area (Å²) in [6.45, 7) is 15.3. The number of rotatable bonds is 7. The summed E-state index contributed by atoms with van der Waals surface area (Å²) in [4.78, 5) is 9.74. The van der Waals surface area contributed by atoms with E-state index < -0.39 is 0 Å². The minimum atomic E-state index is 0.683. The standard InChI is InChI=1S/C17H30N4/c1-5-18-11-15-10-14(4)17(19-12-15)21-9-8-16(13-21)20(6-2)7-3/h10,12,16,18H,5-9,11,13H2,1-4H3. The van der Waals surface area contributed by atoms with E-state index in [-0.39, 0.29) is 0 Å². The number of nitrogens with one attached hydrogen (secondary N) is 1. The predicted octanol–water partition coefficient (Wildman–Crippen LogP) is 2.42. The fourth-order valence-corrected chi connectivity index (χ4v) is 3.30. The first-order chi connectivity index (χ1) is 10.2. The van der Waals surface area contributed by atoms with Gasteiger partial charge in [-0.05, 0) is 50.2 Å². The molecule has 2 heterocycles. The molecule has 0 amide bonds. The normalized spacial score (nSPS) is 18.7. The van der Waals surface area contributed by atoms with Crippen molar-refractivity contribution in [2.45, 2.75) is 46.7 Å². The monoisotopic (exact) mass is 290 g/mol. The third-order valence-corrected chi connectivity index (χ3v) is 4.48. The smallest absolute Gasteiger partial charge is 0.131 e. The molecule has 1 aliphatic heterocycles. The van der Waals surface area contributed by atoms with Gasteiger partial charge in [-0.1, -0.05) is 20.8 Å². The molecule has 1 aliphatic rings. The quantitative estimate of drug-likeness (QED) is 0.836.